The minimum atomic E-state index is 0.295. The normalized spacial score (nSPS) is 13.1. The fourth-order valence-corrected chi connectivity index (χ4v) is 3.02. The van der Waals surface area contributed by atoms with Crippen molar-refractivity contribution in [2.45, 2.75) is 26.8 Å². The first kappa shape index (κ1) is 14.8. The van der Waals surface area contributed by atoms with Crippen molar-refractivity contribution in [1.29, 1.82) is 0 Å². The van der Waals surface area contributed by atoms with Gasteiger partial charge in [-0.05, 0) is 31.0 Å². The molecule has 5 heteroatoms. The summed E-state index contributed by atoms with van der Waals surface area (Å²) in [6.07, 6.45) is 0. The van der Waals surface area contributed by atoms with Crippen LogP contribution >= 0.6 is 27.3 Å². The lowest BCUT2D eigenvalue weighted by Gasteiger charge is -2.21. The molecule has 0 radical (unpaired) electrons. The number of halogens is 1. The van der Waals surface area contributed by atoms with Gasteiger partial charge >= 0.3 is 0 Å². The summed E-state index contributed by atoms with van der Waals surface area (Å²) in [6, 6.07) is 6.48. The maximum Gasteiger partial charge on any atom is 0.184 e. The van der Waals surface area contributed by atoms with Crippen molar-refractivity contribution in [2.75, 3.05) is 18.5 Å². The van der Waals surface area contributed by atoms with Gasteiger partial charge in [-0.1, -0.05) is 41.1 Å². The van der Waals surface area contributed by atoms with Gasteiger partial charge in [0.2, 0.25) is 0 Å². The van der Waals surface area contributed by atoms with E-state index < -0.39 is 0 Å². The van der Waals surface area contributed by atoms with Crippen molar-refractivity contribution in [1.82, 2.24) is 4.98 Å². The molecule has 1 unspecified atom stereocenters. The number of ether oxygens (including phenoxy) is 1. The highest BCUT2D eigenvalue weighted by Gasteiger charge is 2.15. The molecule has 2 rings (SSSR count). The molecule has 0 saturated carbocycles. The number of nitrogens with one attached hydrogen (secondary N) is 1. The smallest absolute Gasteiger partial charge is 0.184 e. The van der Waals surface area contributed by atoms with Crippen LogP contribution in [0, 0.1) is 5.92 Å². The lowest BCUT2D eigenvalue weighted by atomic mass is 10.1. The summed E-state index contributed by atoms with van der Waals surface area (Å²) in [6.45, 7) is 7.87. The second-order valence-corrected chi connectivity index (χ2v) is 6.73. The van der Waals surface area contributed by atoms with Gasteiger partial charge in [0.1, 0.15) is 0 Å². The van der Waals surface area contributed by atoms with E-state index in [-0.39, 0.29) is 0 Å². The lowest BCUT2D eigenvalue weighted by molar-refractivity contribution is 0.127. The van der Waals surface area contributed by atoms with Crippen LogP contribution in [-0.4, -0.2) is 24.2 Å². The molecule has 0 spiro atoms. The third-order valence-electron chi connectivity index (χ3n) is 2.96. The Kier molecular flexibility index (Phi) is 5.19. The molecule has 2 aromatic rings. The number of aromatic nitrogens is 1. The Hall–Kier alpha value is -0.650. The maximum atomic E-state index is 5.53. The third-order valence-corrected chi connectivity index (χ3v) is 4.43. The Morgan fingerprint density at radius 3 is 2.89 bits per heavy atom. The van der Waals surface area contributed by atoms with Crippen molar-refractivity contribution in [3.05, 3.63) is 22.7 Å². The summed E-state index contributed by atoms with van der Waals surface area (Å²) < 4.78 is 7.79. The first-order valence-corrected chi connectivity index (χ1v) is 8.11. The molecule has 1 aromatic carbocycles. The number of fused-ring (bicyclic) bond motifs is 1. The molecular formula is C14H19BrN2OS. The SMILES string of the molecule is CCOCC(Nc1nc2cc(Br)ccc2s1)C(C)C. The highest BCUT2D eigenvalue weighted by Crippen LogP contribution is 2.29. The summed E-state index contributed by atoms with van der Waals surface area (Å²) in [5.74, 6) is 0.505. The molecule has 104 valence electrons. The highest BCUT2D eigenvalue weighted by atomic mass is 79.9. The van der Waals surface area contributed by atoms with Gasteiger partial charge in [0.15, 0.2) is 5.13 Å². The van der Waals surface area contributed by atoms with Gasteiger partial charge in [-0.25, -0.2) is 4.98 Å². The lowest BCUT2D eigenvalue weighted by Crippen LogP contribution is -2.30. The van der Waals surface area contributed by atoms with E-state index in [2.05, 4.69) is 46.1 Å². The number of anilines is 1. The van der Waals surface area contributed by atoms with Crippen LogP contribution in [-0.2, 0) is 4.74 Å². The predicted molar refractivity (Wildman–Crippen MR) is 86.1 cm³/mol. The van der Waals surface area contributed by atoms with Gasteiger partial charge in [-0.15, -0.1) is 0 Å². The van der Waals surface area contributed by atoms with E-state index in [1.54, 1.807) is 11.3 Å². The second kappa shape index (κ2) is 6.68. The van der Waals surface area contributed by atoms with Crippen LogP contribution in [0.5, 0.6) is 0 Å². The zero-order chi connectivity index (χ0) is 13.8. The monoisotopic (exact) mass is 342 g/mol. The van der Waals surface area contributed by atoms with E-state index in [9.17, 15) is 0 Å². The minimum Gasteiger partial charge on any atom is -0.380 e. The molecule has 1 N–H and O–H groups in total. The van der Waals surface area contributed by atoms with Crippen LogP contribution in [0.3, 0.4) is 0 Å². The number of hydrogen-bond acceptors (Lipinski definition) is 4. The van der Waals surface area contributed by atoms with E-state index in [1.165, 1.54) is 4.70 Å². The van der Waals surface area contributed by atoms with Crippen molar-refractivity contribution in [2.24, 2.45) is 5.92 Å². The van der Waals surface area contributed by atoms with Crippen LogP contribution in [0.4, 0.5) is 5.13 Å². The standard InChI is InChI=1S/C14H19BrN2OS/c1-4-18-8-12(9(2)3)17-14-16-11-7-10(15)5-6-13(11)19-14/h5-7,9,12H,4,8H2,1-3H3,(H,16,17). The second-order valence-electron chi connectivity index (χ2n) is 4.79. The van der Waals surface area contributed by atoms with Crippen molar-refractivity contribution in [3.8, 4) is 0 Å². The number of benzene rings is 1. The van der Waals surface area contributed by atoms with E-state index in [0.717, 1.165) is 21.7 Å². The van der Waals surface area contributed by atoms with Gasteiger partial charge in [0.25, 0.3) is 0 Å². The molecule has 0 bridgehead atoms. The molecule has 3 nitrogen and oxygen atoms in total. The van der Waals surface area contributed by atoms with E-state index in [0.29, 0.717) is 18.6 Å². The summed E-state index contributed by atoms with van der Waals surface area (Å²) in [5.41, 5.74) is 1.03. The number of nitrogens with zero attached hydrogens (tertiary/aromatic N) is 1. The van der Waals surface area contributed by atoms with Crippen LogP contribution in [0.25, 0.3) is 10.2 Å². The molecule has 1 aromatic heterocycles. The fourth-order valence-electron chi connectivity index (χ4n) is 1.77. The molecule has 0 aliphatic rings. The van der Waals surface area contributed by atoms with Crippen molar-refractivity contribution < 1.29 is 4.74 Å². The van der Waals surface area contributed by atoms with E-state index in [4.69, 9.17) is 4.74 Å². The topological polar surface area (TPSA) is 34.1 Å². The Labute approximate surface area is 126 Å². The minimum absolute atomic E-state index is 0.295. The first-order valence-electron chi connectivity index (χ1n) is 6.50. The molecule has 1 heterocycles. The van der Waals surface area contributed by atoms with E-state index >= 15 is 0 Å². The predicted octanol–water partition coefficient (Wildman–Crippen LogP) is 4.53. The van der Waals surface area contributed by atoms with Crippen molar-refractivity contribution >= 4 is 42.6 Å². The largest absolute Gasteiger partial charge is 0.380 e. The number of thiazole rings is 1. The molecular weight excluding hydrogens is 324 g/mol. The van der Waals surface area contributed by atoms with Crippen molar-refractivity contribution in [3.63, 3.8) is 0 Å². The Balaban J connectivity index is 2.14. The zero-order valence-electron chi connectivity index (χ0n) is 11.4. The molecule has 0 amide bonds. The third kappa shape index (κ3) is 3.91. The number of hydrogen-bond donors (Lipinski definition) is 1. The van der Waals surface area contributed by atoms with Crippen LogP contribution in [0.1, 0.15) is 20.8 Å². The van der Waals surface area contributed by atoms with Gasteiger partial charge in [-0.3, -0.25) is 0 Å². The van der Waals surface area contributed by atoms with Crippen LogP contribution in [0.15, 0.2) is 22.7 Å². The summed E-state index contributed by atoms with van der Waals surface area (Å²) in [7, 11) is 0. The average molecular weight is 343 g/mol. The molecule has 0 saturated heterocycles. The molecule has 1 atom stereocenters. The van der Waals surface area contributed by atoms with Gasteiger partial charge in [0, 0.05) is 11.1 Å². The summed E-state index contributed by atoms with van der Waals surface area (Å²) in [4.78, 5) is 4.63. The maximum absolute atomic E-state index is 5.53. The van der Waals surface area contributed by atoms with Gasteiger partial charge in [-0.2, -0.15) is 0 Å². The fraction of sp³-hybridized carbons (Fsp3) is 0.500. The zero-order valence-corrected chi connectivity index (χ0v) is 13.8. The van der Waals surface area contributed by atoms with Gasteiger partial charge in [0.05, 0.1) is 22.9 Å². The molecule has 0 aliphatic carbocycles. The Morgan fingerprint density at radius 1 is 1.42 bits per heavy atom. The Bertz CT molecular complexity index is 541. The molecule has 19 heavy (non-hydrogen) atoms. The quantitative estimate of drug-likeness (QED) is 0.837. The number of rotatable bonds is 6. The van der Waals surface area contributed by atoms with Gasteiger partial charge < -0.3 is 10.1 Å². The van der Waals surface area contributed by atoms with Crippen LogP contribution < -0.4 is 5.32 Å². The molecule has 0 aliphatic heterocycles. The average Bonchev–Trinajstić information content (AvgIpc) is 2.75. The van der Waals surface area contributed by atoms with E-state index in [1.807, 2.05) is 19.1 Å². The Morgan fingerprint density at radius 2 is 2.21 bits per heavy atom. The first-order chi connectivity index (χ1) is 9.10. The van der Waals surface area contributed by atoms with Crippen LogP contribution in [0.2, 0.25) is 0 Å². The highest BCUT2D eigenvalue weighted by molar-refractivity contribution is 9.10. The summed E-state index contributed by atoms with van der Waals surface area (Å²) in [5, 5.41) is 4.45. The molecule has 0 fully saturated rings. The summed E-state index contributed by atoms with van der Waals surface area (Å²) >= 11 is 5.16.